The van der Waals surface area contributed by atoms with Gasteiger partial charge in [-0.2, -0.15) is 5.10 Å². The second kappa shape index (κ2) is 6.35. The van der Waals surface area contributed by atoms with E-state index in [9.17, 15) is 9.59 Å². The number of aromatic nitrogens is 3. The van der Waals surface area contributed by atoms with Gasteiger partial charge in [-0.1, -0.05) is 0 Å². The summed E-state index contributed by atoms with van der Waals surface area (Å²) < 4.78 is 1.97. The number of rotatable bonds is 4. The Hall–Kier alpha value is -2.42. The van der Waals surface area contributed by atoms with E-state index in [-0.39, 0.29) is 12.1 Å². The van der Waals surface area contributed by atoms with Crippen molar-refractivity contribution in [2.45, 2.75) is 6.54 Å². The molecule has 8 nitrogen and oxygen atoms in total. The molecule has 0 aliphatic carbocycles. The van der Waals surface area contributed by atoms with Crippen molar-refractivity contribution in [2.24, 2.45) is 7.05 Å². The molecule has 0 radical (unpaired) electrons. The van der Waals surface area contributed by atoms with E-state index in [2.05, 4.69) is 36.6 Å². The summed E-state index contributed by atoms with van der Waals surface area (Å²) in [6, 6.07) is 4.04. The lowest BCUT2D eigenvalue weighted by Crippen LogP contribution is -2.28. The van der Waals surface area contributed by atoms with Gasteiger partial charge < -0.3 is 15.7 Å². The number of urea groups is 1. The lowest BCUT2D eigenvalue weighted by molar-refractivity contribution is 0.0696. The van der Waals surface area contributed by atoms with Crippen LogP contribution in [0.1, 0.15) is 16.2 Å². The quantitative estimate of drug-likeness (QED) is 0.773. The molecule has 0 atom stereocenters. The molecule has 0 saturated carbocycles. The van der Waals surface area contributed by atoms with E-state index in [1.54, 1.807) is 19.2 Å². The summed E-state index contributed by atoms with van der Waals surface area (Å²) in [5.41, 5.74) is 0.446. The number of anilines is 1. The minimum atomic E-state index is -1.08. The molecule has 0 saturated heterocycles. The summed E-state index contributed by atoms with van der Waals surface area (Å²) in [5, 5.41) is 18.1. The fourth-order valence-electron chi connectivity index (χ4n) is 1.57. The number of aryl methyl sites for hydroxylation is 1. The van der Waals surface area contributed by atoms with Crippen LogP contribution in [0.25, 0.3) is 0 Å². The van der Waals surface area contributed by atoms with Gasteiger partial charge in [-0.05, 0) is 34.1 Å². The van der Waals surface area contributed by atoms with E-state index in [4.69, 9.17) is 5.11 Å². The molecule has 0 aliphatic rings. The standard InChI is InChI=1S/C12H12BrN5O3/c1-18-6-15-10(17-18)5-14-12(21)16-7-2-3-9(13)8(4-7)11(19)20/h2-4,6H,5H2,1H3,(H,19,20)(H2,14,16,21). The number of hydrogen-bond acceptors (Lipinski definition) is 4. The lowest BCUT2D eigenvalue weighted by atomic mass is 10.2. The van der Waals surface area contributed by atoms with Crippen LogP contribution in [0.4, 0.5) is 10.5 Å². The van der Waals surface area contributed by atoms with Crippen molar-refractivity contribution in [1.29, 1.82) is 0 Å². The topological polar surface area (TPSA) is 109 Å². The zero-order chi connectivity index (χ0) is 15.4. The SMILES string of the molecule is Cn1cnc(CNC(=O)Nc2ccc(Br)c(C(=O)O)c2)n1. The zero-order valence-electron chi connectivity index (χ0n) is 11.0. The summed E-state index contributed by atoms with van der Waals surface area (Å²) >= 11 is 3.13. The van der Waals surface area contributed by atoms with Gasteiger partial charge in [0.05, 0.1) is 12.1 Å². The van der Waals surface area contributed by atoms with E-state index >= 15 is 0 Å². The highest BCUT2D eigenvalue weighted by molar-refractivity contribution is 9.10. The van der Waals surface area contributed by atoms with Crippen molar-refractivity contribution in [1.82, 2.24) is 20.1 Å². The first-order chi connectivity index (χ1) is 9.95. The second-order valence-corrected chi connectivity index (χ2v) is 5.00. The molecule has 1 aromatic carbocycles. The highest BCUT2D eigenvalue weighted by atomic mass is 79.9. The van der Waals surface area contributed by atoms with Gasteiger partial charge in [0, 0.05) is 17.2 Å². The van der Waals surface area contributed by atoms with Gasteiger partial charge in [-0.15, -0.1) is 0 Å². The first-order valence-corrected chi connectivity index (χ1v) is 6.67. The van der Waals surface area contributed by atoms with E-state index in [0.29, 0.717) is 16.0 Å². The van der Waals surface area contributed by atoms with Crippen molar-refractivity contribution in [3.8, 4) is 0 Å². The summed E-state index contributed by atoms with van der Waals surface area (Å²) in [5.74, 6) is -0.599. The third-order valence-corrected chi connectivity index (χ3v) is 3.20. The minimum Gasteiger partial charge on any atom is -0.478 e. The van der Waals surface area contributed by atoms with Gasteiger partial charge in [-0.25, -0.2) is 14.6 Å². The first kappa shape index (κ1) is 15.0. The Labute approximate surface area is 128 Å². The smallest absolute Gasteiger partial charge is 0.336 e. The number of carbonyl (C=O) groups excluding carboxylic acids is 1. The molecule has 21 heavy (non-hydrogen) atoms. The van der Waals surface area contributed by atoms with Crippen LogP contribution in [0.3, 0.4) is 0 Å². The minimum absolute atomic E-state index is 0.0687. The van der Waals surface area contributed by atoms with Crippen LogP contribution in [0, 0.1) is 0 Å². The number of amides is 2. The number of carboxylic acids is 1. The fourth-order valence-corrected chi connectivity index (χ4v) is 1.98. The molecule has 2 rings (SSSR count). The number of halogens is 1. The highest BCUT2D eigenvalue weighted by Gasteiger charge is 2.10. The van der Waals surface area contributed by atoms with Gasteiger partial charge in [-0.3, -0.25) is 4.68 Å². The molecule has 0 bridgehead atoms. The van der Waals surface area contributed by atoms with Crippen LogP contribution >= 0.6 is 15.9 Å². The molecule has 0 spiro atoms. The Morgan fingerprint density at radius 3 is 2.81 bits per heavy atom. The molecular weight excluding hydrogens is 342 g/mol. The van der Waals surface area contributed by atoms with Gasteiger partial charge in [0.1, 0.15) is 6.33 Å². The highest BCUT2D eigenvalue weighted by Crippen LogP contribution is 2.21. The van der Waals surface area contributed by atoms with Gasteiger partial charge >= 0.3 is 12.0 Å². The van der Waals surface area contributed by atoms with Crippen LogP contribution < -0.4 is 10.6 Å². The van der Waals surface area contributed by atoms with Crippen molar-refractivity contribution < 1.29 is 14.7 Å². The molecule has 110 valence electrons. The zero-order valence-corrected chi connectivity index (χ0v) is 12.6. The van der Waals surface area contributed by atoms with E-state index in [1.165, 1.54) is 17.1 Å². The van der Waals surface area contributed by atoms with Gasteiger partial charge in [0.25, 0.3) is 0 Å². The molecule has 1 heterocycles. The third kappa shape index (κ3) is 4.02. The van der Waals surface area contributed by atoms with Crippen LogP contribution in [0.2, 0.25) is 0 Å². The number of nitrogens with one attached hydrogen (secondary N) is 2. The Balaban J connectivity index is 1.96. The fraction of sp³-hybridized carbons (Fsp3) is 0.167. The normalized spacial score (nSPS) is 10.2. The Kier molecular flexibility index (Phi) is 4.53. The summed E-state index contributed by atoms with van der Waals surface area (Å²) in [7, 11) is 1.73. The molecular formula is C12H12BrN5O3. The molecule has 9 heteroatoms. The summed E-state index contributed by atoms with van der Waals surface area (Å²) in [4.78, 5) is 26.7. The van der Waals surface area contributed by atoms with Crippen molar-refractivity contribution in [3.63, 3.8) is 0 Å². The number of hydrogen-bond donors (Lipinski definition) is 3. The van der Waals surface area contributed by atoms with Crippen LogP contribution in [-0.4, -0.2) is 31.9 Å². The predicted molar refractivity (Wildman–Crippen MR) is 78.0 cm³/mol. The maximum atomic E-state index is 11.7. The first-order valence-electron chi connectivity index (χ1n) is 5.88. The average Bonchev–Trinajstić information content (AvgIpc) is 2.84. The number of carbonyl (C=O) groups is 2. The molecule has 3 N–H and O–H groups in total. The number of carboxylic acid groups (broad SMARTS) is 1. The van der Waals surface area contributed by atoms with Gasteiger partial charge in [0.15, 0.2) is 5.82 Å². The average molecular weight is 354 g/mol. The molecule has 1 aromatic heterocycles. The van der Waals surface area contributed by atoms with Crippen molar-refractivity contribution in [3.05, 3.63) is 40.4 Å². The molecule has 2 aromatic rings. The maximum absolute atomic E-state index is 11.7. The number of aromatic carboxylic acids is 1. The Morgan fingerprint density at radius 2 is 2.19 bits per heavy atom. The predicted octanol–water partition coefficient (Wildman–Crippen LogP) is 1.60. The molecule has 0 aliphatic heterocycles. The maximum Gasteiger partial charge on any atom is 0.336 e. The lowest BCUT2D eigenvalue weighted by Gasteiger charge is -2.08. The largest absolute Gasteiger partial charge is 0.478 e. The van der Waals surface area contributed by atoms with Crippen molar-refractivity contribution >= 4 is 33.6 Å². The third-order valence-electron chi connectivity index (χ3n) is 2.51. The van der Waals surface area contributed by atoms with E-state index in [1.807, 2.05) is 0 Å². The monoisotopic (exact) mass is 353 g/mol. The molecule has 0 unspecified atom stereocenters. The number of nitrogens with zero attached hydrogens (tertiary/aromatic N) is 3. The summed E-state index contributed by atoms with van der Waals surface area (Å²) in [6.07, 6.45) is 1.53. The van der Waals surface area contributed by atoms with Crippen LogP contribution in [0.5, 0.6) is 0 Å². The Morgan fingerprint density at radius 1 is 1.43 bits per heavy atom. The van der Waals surface area contributed by atoms with Crippen LogP contribution in [-0.2, 0) is 13.6 Å². The van der Waals surface area contributed by atoms with E-state index < -0.39 is 12.0 Å². The number of benzene rings is 1. The Bertz CT molecular complexity index is 685. The summed E-state index contributed by atoms with van der Waals surface area (Å²) in [6.45, 7) is 0.176. The second-order valence-electron chi connectivity index (χ2n) is 4.14. The molecule has 2 amide bonds. The van der Waals surface area contributed by atoms with E-state index in [0.717, 1.165) is 0 Å². The van der Waals surface area contributed by atoms with Crippen molar-refractivity contribution in [2.75, 3.05) is 5.32 Å². The molecule has 0 fully saturated rings. The van der Waals surface area contributed by atoms with Gasteiger partial charge in [0.2, 0.25) is 0 Å². The van der Waals surface area contributed by atoms with Crippen LogP contribution in [0.15, 0.2) is 29.0 Å².